The molecule has 1 fully saturated rings. The van der Waals surface area contributed by atoms with E-state index in [2.05, 4.69) is 31.2 Å². The van der Waals surface area contributed by atoms with Crippen LogP contribution in [0.4, 0.5) is 10.3 Å². The highest BCUT2D eigenvalue weighted by molar-refractivity contribution is 9.10. The van der Waals surface area contributed by atoms with Crippen LogP contribution in [0.2, 0.25) is 0 Å². The molecule has 1 aliphatic heterocycles. The van der Waals surface area contributed by atoms with Gasteiger partial charge in [0.15, 0.2) is 0 Å². The van der Waals surface area contributed by atoms with Gasteiger partial charge in [0.2, 0.25) is 11.9 Å². The zero-order valence-electron chi connectivity index (χ0n) is 13.2. The normalized spacial score (nSPS) is 18.1. The maximum atomic E-state index is 14.8. The minimum atomic E-state index is -1.35. The summed E-state index contributed by atoms with van der Waals surface area (Å²) in [5, 5.41) is 2.72. The summed E-state index contributed by atoms with van der Waals surface area (Å²) >= 11 is 3.29. The predicted molar refractivity (Wildman–Crippen MR) is 87.5 cm³/mol. The number of piperidine rings is 1. The van der Waals surface area contributed by atoms with Crippen LogP contribution in [-0.2, 0) is 4.79 Å². The standard InChI is InChI=1S/C15H22BrFN4O/c1-14(2,3)12(22)20-10-15(17)4-6-21(7-5-15)13-18-8-11(16)9-19-13/h8-9H,4-7,10H2,1-3H3,(H,20,22). The first-order valence-corrected chi connectivity index (χ1v) is 8.19. The van der Waals surface area contributed by atoms with Gasteiger partial charge >= 0.3 is 0 Å². The number of alkyl halides is 1. The fraction of sp³-hybridized carbons (Fsp3) is 0.667. The van der Waals surface area contributed by atoms with Crippen molar-refractivity contribution >= 4 is 27.8 Å². The molecule has 5 nitrogen and oxygen atoms in total. The Morgan fingerprint density at radius 2 is 1.91 bits per heavy atom. The zero-order valence-corrected chi connectivity index (χ0v) is 14.8. The Labute approximate surface area is 138 Å². The van der Waals surface area contributed by atoms with E-state index < -0.39 is 11.1 Å². The SMILES string of the molecule is CC(C)(C)C(=O)NCC1(F)CCN(c2ncc(Br)cn2)CC1. The summed E-state index contributed by atoms with van der Waals surface area (Å²) in [7, 11) is 0. The van der Waals surface area contributed by atoms with Crippen molar-refractivity contribution in [3.8, 4) is 0 Å². The quantitative estimate of drug-likeness (QED) is 0.885. The third-order valence-electron chi connectivity index (χ3n) is 3.80. The lowest BCUT2D eigenvalue weighted by molar-refractivity contribution is -0.129. The summed E-state index contributed by atoms with van der Waals surface area (Å²) in [4.78, 5) is 22.3. The Bertz CT molecular complexity index is 521. The molecule has 2 heterocycles. The molecule has 0 unspecified atom stereocenters. The van der Waals surface area contributed by atoms with Crippen LogP contribution in [0.15, 0.2) is 16.9 Å². The average Bonchev–Trinajstić information content (AvgIpc) is 2.46. The summed E-state index contributed by atoms with van der Waals surface area (Å²) in [6.45, 7) is 6.62. The van der Waals surface area contributed by atoms with Gasteiger partial charge in [-0.1, -0.05) is 20.8 Å². The Morgan fingerprint density at radius 3 is 2.41 bits per heavy atom. The van der Waals surface area contributed by atoms with Gasteiger partial charge in [0.25, 0.3) is 0 Å². The monoisotopic (exact) mass is 372 g/mol. The molecule has 122 valence electrons. The molecule has 0 atom stereocenters. The maximum Gasteiger partial charge on any atom is 0.225 e. The first kappa shape index (κ1) is 17.1. The van der Waals surface area contributed by atoms with Crippen molar-refractivity contribution in [3.05, 3.63) is 16.9 Å². The van der Waals surface area contributed by atoms with Gasteiger partial charge in [-0.15, -0.1) is 0 Å². The van der Waals surface area contributed by atoms with E-state index in [-0.39, 0.29) is 12.5 Å². The fourth-order valence-corrected chi connectivity index (χ4v) is 2.46. The van der Waals surface area contributed by atoms with E-state index in [1.165, 1.54) is 0 Å². The number of nitrogens with one attached hydrogen (secondary N) is 1. The van der Waals surface area contributed by atoms with Crippen LogP contribution in [0.1, 0.15) is 33.6 Å². The Balaban J connectivity index is 1.88. The number of hydrogen-bond acceptors (Lipinski definition) is 4. The number of rotatable bonds is 3. The van der Waals surface area contributed by atoms with Gasteiger partial charge in [0.1, 0.15) is 5.67 Å². The van der Waals surface area contributed by atoms with E-state index in [9.17, 15) is 9.18 Å². The molecule has 22 heavy (non-hydrogen) atoms. The van der Waals surface area contributed by atoms with E-state index in [1.54, 1.807) is 12.4 Å². The highest BCUT2D eigenvalue weighted by atomic mass is 79.9. The van der Waals surface area contributed by atoms with Crippen molar-refractivity contribution in [2.75, 3.05) is 24.5 Å². The molecule has 1 saturated heterocycles. The van der Waals surface area contributed by atoms with Gasteiger partial charge in [0.05, 0.1) is 11.0 Å². The number of nitrogens with zero attached hydrogens (tertiary/aromatic N) is 3. The number of carbonyl (C=O) groups is 1. The molecule has 0 spiro atoms. The number of hydrogen-bond donors (Lipinski definition) is 1. The van der Waals surface area contributed by atoms with Gasteiger partial charge in [-0.3, -0.25) is 4.79 Å². The van der Waals surface area contributed by atoms with Crippen LogP contribution < -0.4 is 10.2 Å². The summed E-state index contributed by atoms with van der Waals surface area (Å²) in [5.41, 5.74) is -1.85. The van der Waals surface area contributed by atoms with E-state index in [0.717, 1.165) is 4.47 Å². The molecule has 0 aromatic carbocycles. The van der Waals surface area contributed by atoms with Crippen molar-refractivity contribution < 1.29 is 9.18 Å². The molecular weight excluding hydrogens is 351 g/mol. The third kappa shape index (κ3) is 4.38. The number of halogens is 2. The van der Waals surface area contributed by atoms with Crippen LogP contribution in [-0.4, -0.2) is 41.2 Å². The largest absolute Gasteiger partial charge is 0.352 e. The van der Waals surface area contributed by atoms with Crippen LogP contribution in [0.5, 0.6) is 0 Å². The molecule has 2 rings (SSSR count). The van der Waals surface area contributed by atoms with Crippen LogP contribution >= 0.6 is 15.9 Å². The van der Waals surface area contributed by atoms with Gasteiger partial charge in [-0.2, -0.15) is 0 Å². The number of aromatic nitrogens is 2. The van der Waals surface area contributed by atoms with Crippen LogP contribution in [0, 0.1) is 5.41 Å². The maximum absolute atomic E-state index is 14.8. The molecule has 1 amide bonds. The molecule has 0 aliphatic carbocycles. The topological polar surface area (TPSA) is 58.1 Å². The van der Waals surface area contributed by atoms with Gasteiger partial charge in [-0.25, -0.2) is 14.4 Å². The lowest BCUT2D eigenvalue weighted by Crippen LogP contribution is -2.50. The first-order chi connectivity index (χ1) is 10.2. The summed E-state index contributed by atoms with van der Waals surface area (Å²) in [6.07, 6.45) is 4.08. The minimum absolute atomic E-state index is 0.0676. The number of anilines is 1. The van der Waals surface area contributed by atoms with Crippen LogP contribution in [0.25, 0.3) is 0 Å². The smallest absolute Gasteiger partial charge is 0.225 e. The minimum Gasteiger partial charge on any atom is -0.352 e. The second kappa shape index (κ2) is 6.48. The Kier molecular flexibility index (Phi) is 5.04. The zero-order chi connectivity index (χ0) is 16.4. The highest BCUT2D eigenvalue weighted by Gasteiger charge is 2.36. The van der Waals surface area contributed by atoms with E-state index >= 15 is 0 Å². The molecule has 0 saturated carbocycles. The van der Waals surface area contributed by atoms with Gasteiger partial charge < -0.3 is 10.2 Å². The molecule has 1 aromatic rings. The molecule has 1 aromatic heterocycles. The molecule has 1 aliphatic rings. The second-order valence-electron chi connectivity index (χ2n) is 6.77. The predicted octanol–water partition coefficient (Wildman–Crippen LogP) is 2.71. The van der Waals surface area contributed by atoms with E-state index in [0.29, 0.717) is 31.9 Å². The number of carbonyl (C=O) groups excluding carboxylic acids is 1. The third-order valence-corrected chi connectivity index (χ3v) is 4.21. The average molecular weight is 373 g/mol. The lowest BCUT2D eigenvalue weighted by atomic mass is 9.91. The molecule has 1 N–H and O–H groups in total. The second-order valence-corrected chi connectivity index (χ2v) is 7.69. The molecular formula is C15H22BrFN4O. The summed E-state index contributed by atoms with van der Waals surface area (Å²) in [6, 6.07) is 0. The summed E-state index contributed by atoms with van der Waals surface area (Å²) in [5.74, 6) is 0.493. The number of amides is 1. The van der Waals surface area contributed by atoms with Crippen molar-refractivity contribution in [1.82, 2.24) is 15.3 Å². The van der Waals surface area contributed by atoms with Crippen molar-refractivity contribution in [3.63, 3.8) is 0 Å². The van der Waals surface area contributed by atoms with Gasteiger partial charge in [0, 0.05) is 43.7 Å². The van der Waals surface area contributed by atoms with Crippen molar-refractivity contribution in [2.24, 2.45) is 5.41 Å². The van der Waals surface area contributed by atoms with Crippen molar-refractivity contribution in [2.45, 2.75) is 39.3 Å². The van der Waals surface area contributed by atoms with E-state index in [4.69, 9.17) is 0 Å². The highest BCUT2D eigenvalue weighted by Crippen LogP contribution is 2.28. The Hall–Kier alpha value is -1.24. The van der Waals surface area contributed by atoms with Crippen LogP contribution in [0.3, 0.4) is 0 Å². The first-order valence-electron chi connectivity index (χ1n) is 7.39. The Morgan fingerprint density at radius 1 is 1.36 bits per heavy atom. The molecule has 0 radical (unpaired) electrons. The van der Waals surface area contributed by atoms with Crippen molar-refractivity contribution in [1.29, 1.82) is 0 Å². The van der Waals surface area contributed by atoms with Gasteiger partial charge in [-0.05, 0) is 15.9 Å². The summed E-state index contributed by atoms with van der Waals surface area (Å²) < 4.78 is 15.6. The van der Waals surface area contributed by atoms with E-state index in [1.807, 2.05) is 25.7 Å². The molecule has 0 bridgehead atoms. The molecule has 7 heteroatoms. The lowest BCUT2D eigenvalue weighted by Gasteiger charge is -2.36. The fourth-order valence-electron chi connectivity index (χ4n) is 2.26.